The van der Waals surface area contributed by atoms with Gasteiger partial charge in [0, 0.05) is 0 Å². The minimum absolute atomic E-state index is 0.254. The quantitative estimate of drug-likeness (QED) is 0.648. The molecular formula is C14H24N4O. The van der Waals surface area contributed by atoms with E-state index in [9.17, 15) is 0 Å². The minimum atomic E-state index is 0.254. The number of rotatable bonds is 3. The molecule has 19 heavy (non-hydrogen) atoms. The van der Waals surface area contributed by atoms with Gasteiger partial charge in [0.05, 0.1) is 5.56 Å². The summed E-state index contributed by atoms with van der Waals surface area (Å²) in [5, 5.41) is 0. The zero-order valence-electron chi connectivity index (χ0n) is 12.2. The first kappa shape index (κ1) is 14.1. The van der Waals surface area contributed by atoms with Crippen molar-refractivity contribution in [3.05, 3.63) is 11.4 Å². The molecule has 2 rings (SSSR count). The van der Waals surface area contributed by atoms with Crippen molar-refractivity contribution in [3.8, 4) is 5.88 Å². The summed E-state index contributed by atoms with van der Waals surface area (Å²) in [6.07, 6.45) is 3.66. The first-order chi connectivity index (χ1) is 9.01. The summed E-state index contributed by atoms with van der Waals surface area (Å²) in [7, 11) is 0. The van der Waals surface area contributed by atoms with Crippen molar-refractivity contribution in [2.24, 2.45) is 17.7 Å². The number of anilines is 1. The summed E-state index contributed by atoms with van der Waals surface area (Å²) in [5.41, 5.74) is 3.47. The van der Waals surface area contributed by atoms with E-state index in [1.54, 1.807) is 0 Å². The van der Waals surface area contributed by atoms with Gasteiger partial charge >= 0.3 is 0 Å². The molecule has 5 heteroatoms. The summed E-state index contributed by atoms with van der Waals surface area (Å²) in [6.45, 7) is 8.39. The van der Waals surface area contributed by atoms with Crippen LogP contribution in [-0.2, 0) is 0 Å². The Labute approximate surface area is 114 Å². The molecule has 3 N–H and O–H groups in total. The number of nitrogen functional groups attached to an aromatic ring is 1. The van der Waals surface area contributed by atoms with Gasteiger partial charge in [-0.05, 0) is 44.9 Å². The second kappa shape index (κ2) is 5.74. The predicted octanol–water partition coefficient (Wildman–Crippen LogP) is 2.58. The molecule has 1 aromatic heterocycles. The summed E-state index contributed by atoms with van der Waals surface area (Å²) in [5.74, 6) is 8.93. The van der Waals surface area contributed by atoms with Crippen LogP contribution in [0.2, 0.25) is 0 Å². The van der Waals surface area contributed by atoms with Crippen LogP contribution in [0.3, 0.4) is 0 Å². The van der Waals surface area contributed by atoms with Crippen molar-refractivity contribution in [3.63, 3.8) is 0 Å². The zero-order chi connectivity index (χ0) is 14.0. The predicted molar refractivity (Wildman–Crippen MR) is 75.9 cm³/mol. The van der Waals surface area contributed by atoms with Gasteiger partial charge in [0.25, 0.3) is 0 Å². The Balaban J connectivity index is 2.13. The Morgan fingerprint density at radius 2 is 1.89 bits per heavy atom. The van der Waals surface area contributed by atoms with Crippen LogP contribution >= 0.6 is 0 Å². The van der Waals surface area contributed by atoms with Gasteiger partial charge in [0.1, 0.15) is 17.7 Å². The Bertz CT molecular complexity index is 449. The second-order valence-electron chi connectivity index (χ2n) is 5.70. The number of nitrogens with two attached hydrogens (primary N) is 1. The Morgan fingerprint density at radius 3 is 2.53 bits per heavy atom. The van der Waals surface area contributed by atoms with Crippen molar-refractivity contribution in [1.82, 2.24) is 9.97 Å². The highest BCUT2D eigenvalue weighted by atomic mass is 16.5. The van der Waals surface area contributed by atoms with E-state index in [-0.39, 0.29) is 6.10 Å². The second-order valence-corrected chi connectivity index (χ2v) is 5.70. The monoisotopic (exact) mass is 264 g/mol. The van der Waals surface area contributed by atoms with Gasteiger partial charge in [-0.2, -0.15) is 4.98 Å². The number of hydrazine groups is 1. The van der Waals surface area contributed by atoms with Crippen molar-refractivity contribution < 1.29 is 4.74 Å². The van der Waals surface area contributed by atoms with E-state index in [0.29, 0.717) is 23.4 Å². The Kier molecular flexibility index (Phi) is 4.24. The van der Waals surface area contributed by atoms with Crippen molar-refractivity contribution in [1.29, 1.82) is 0 Å². The highest BCUT2D eigenvalue weighted by Gasteiger charge is 2.26. The summed E-state index contributed by atoms with van der Waals surface area (Å²) in [4.78, 5) is 8.64. The van der Waals surface area contributed by atoms with Gasteiger partial charge in [-0.25, -0.2) is 10.8 Å². The molecule has 1 heterocycles. The van der Waals surface area contributed by atoms with Crippen molar-refractivity contribution >= 4 is 5.82 Å². The number of nitrogens with one attached hydrogen (secondary N) is 1. The van der Waals surface area contributed by atoms with Crippen LogP contribution in [0, 0.1) is 25.7 Å². The number of hydrogen-bond acceptors (Lipinski definition) is 5. The van der Waals surface area contributed by atoms with Crippen molar-refractivity contribution in [2.45, 2.75) is 53.1 Å². The van der Waals surface area contributed by atoms with E-state index in [4.69, 9.17) is 10.6 Å². The fourth-order valence-electron chi connectivity index (χ4n) is 2.62. The Hall–Kier alpha value is -1.36. The van der Waals surface area contributed by atoms with Crippen LogP contribution in [0.15, 0.2) is 0 Å². The van der Waals surface area contributed by atoms with Gasteiger partial charge in [0.2, 0.25) is 5.88 Å². The van der Waals surface area contributed by atoms with Crippen LogP contribution < -0.4 is 16.0 Å². The maximum absolute atomic E-state index is 6.08. The molecule has 0 aliphatic heterocycles. The van der Waals surface area contributed by atoms with E-state index in [2.05, 4.69) is 29.2 Å². The third-order valence-corrected chi connectivity index (χ3v) is 4.18. The fourth-order valence-corrected chi connectivity index (χ4v) is 2.62. The van der Waals surface area contributed by atoms with Crippen LogP contribution in [0.25, 0.3) is 0 Å². The SMILES string of the molecule is Cc1nc(NN)c(C)c(OC2CCC(C)C(C)C2)n1. The van der Waals surface area contributed by atoms with Gasteiger partial charge in [-0.15, -0.1) is 0 Å². The normalized spacial score (nSPS) is 27.1. The maximum atomic E-state index is 6.08. The lowest BCUT2D eigenvalue weighted by Gasteiger charge is -2.32. The lowest BCUT2D eigenvalue weighted by atomic mass is 9.80. The summed E-state index contributed by atoms with van der Waals surface area (Å²) < 4.78 is 6.08. The number of hydrogen-bond donors (Lipinski definition) is 2. The molecule has 3 unspecified atom stereocenters. The lowest BCUT2D eigenvalue weighted by Crippen LogP contribution is -2.29. The van der Waals surface area contributed by atoms with E-state index in [1.165, 1.54) is 6.42 Å². The average molecular weight is 264 g/mol. The largest absolute Gasteiger partial charge is 0.474 e. The summed E-state index contributed by atoms with van der Waals surface area (Å²) >= 11 is 0. The molecule has 106 valence electrons. The average Bonchev–Trinajstić information content (AvgIpc) is 2.37. The van der Waals surface area contributed by atoms with Gasteiger partial charge in [-0.1, -0.05) is 13.8 Å². The first-order valence-corrected chi connectivity index (χ1v) is 6.99. The van der Waals surface area contributed by atoms with Gasteiger partial charge in [0.15, 0.2) is 0 Å². The number of ether oxygens (including phenoxy) is 1. The number of aromatic nitrogens is 2. The lowest BCUT2D eigenvalue weighted by molar-refractivity contribution is 0.0955. The van der Waals surface area contributed by atoms with E-state index >= 15 is 0 Å². The molecule has 1 saturated carbocycles. The molecule has 1 aliphatic carbocycles. The fraction of sp³-hybridized carbons (Fsp3) is 0.714. The molecule has 1 aliphatic rings. The standard InChI is InChI=1S/C14H24N4O/c1-8-5-6-12(7-9(8)2)19-14-10(3)13(18-15)16-11(4)17-14/h8-9,12H,5-7,15H2,1-4H3,(H,16,17,18). The first-order valence-electron chi connectivity index (χ1n) is 6.99. The maximum Gasteiger partial charge on any atom is 0.222 e. The third-order valence-electron chi connectivity index (χ3n) is 4.18. The molecule has 5 nitrogen and oxygen atoms in total. The van der Waals surface area contributed by atoms with E-state index < -0.39 is 0 Å². The third kappa shape index (κ3) is 3.15. The molecule has 0 aromatic carbocycles. The van der Waals surface area contributed by atoms with Gasteiger partial charge in [-0.3, -0.25) is 0 Å². The van der Waals surface area contributed by atoms with Crippen LogP contribution in [-0.4, -0.2) is 16.1 Å². The van der Waals surface area contributed by atoms with Gasteiger partial charge < -0.3 is 10.2 Å². The smallest absolute Gasteiger partial charge is 0.222 e. The molecular weight excluding hydrogens is 240 g/mol. The Morgan fingerprint density at radius 1 is 1.16 bits per heavy atom. The highest BCUT2D eigenvalue weighted by Crippen LogP contribution is 2.32. The zero-order valence-corrected chi connectivity index (χ0v) is 12.2. The molecule has 0 saturated heterocycles. The van der Waals surface area contributed by atoms with E-state index in [0.717, 1.165) is 24.3 Å². The minimum Gasteiger partial charge on any atom is -0.474 e. The number of aryl methyl sites for hydroxylation is 1. The van der Waals surface area contributed by atoms with Crippen LogP contribution in [0.5, 0.6) is 5.88 Å². The highest BCUT2D eigenvalue weighted by molar-refractivity contribution is 5.47. The van der Waals surface area contributed by atoms with Crippen LogP contribution in [0.1, 0.15) is 44.5 Å². The number of nitrogens with zero attached hydrogens (tertiary/aromatic N) is 2. The molecule has 3 atom stereocenters. The molecule has 0 spiro atoms. The molecule has 0 bridgehead atoms. The van der Waals surface area contributed by atoms with E-state index in [1.807, 2.05) is 13.8 Å². The molecule has 1 aromatic rings. The topological polar surface area (TPSA) is 73.1 Å². The molecule has 0 amide bonds. The van der Waals surface area contributed by atoms with Crippen molar-refractivity contribution in [2.75, 3.05) is 5.43 Å². The summed E-state index contributed by atoms with van der Waals surface area (Å²) in [6, 6.07) is 0. The van der Waals surface area contributed by atoms with Crippen LogP contribution in [0.4, 0.5) is 5.82 Å². The molecule has 0 radical (unpaired) electrons. The molecule has 1 fully saturated rings.